The van der Waals surface area contributed by atoms with Crippen LogP contribution >= 0.6 is 0 Å². The fraction of sp³-hybridized carbons (Fsp3) is 0.533. The topological polar surface area (TPSA) is 29.1 Å². The third-order valence-electron chi connectivity index (χ3n) is 4.36. The summed E-state index contributed by atoms with van der Waals surface area (Å²) < 4.78 is 0. The van der Waals surface area contributed by atoms with Crippen LogP contribution in [-0.2, 0) is 4.79 Å². The predicted octanol–water partition coefficient (Wildman–Crippen LogP) is 3.37. The number of hydrogen-bond donors (Lipinski definition) is 1. The Kier molecular flexibility index (Phi) is 2.65. The van der Waals surface area contributed by atoms with Gasteiger partial charge in [-0.2, -0.15) is 0 Å². The summed E-state index contributed by atoms with van der Waals surface area (Å²) in [5.74, 6) is 1.92. The fourth-order valence-electron chi connectivity index (χ4n) is 3.31. The Balaban J connectivity index is 1.67. The summed E-state index contributed by atoms with van der Waals surface area (Å²) in [7, 11) is 0. The van der Waals surface area contributed by atoms with Crippen molar-refractivity contribution in [2.24, 2.45) is 17.8 Å². The smallest absolute Gasteiger partial charge is 0.228 e. The van der Waals surface area contributed by atoms with Crippen LogP contribution in [0.5, 0.6) is 0 Å². The number of hydrogen-bond acceptors (Lipinski definition) is 1. The van der Waals surface area contributed by atoms with Gasteiger partial charge in [0.25, 0.3) is 0 Å². The maximum atomic E-state index is 12.2. The number of amides is 1. The Morgan fingerprint density at radius 1 is 1.18 bits per heavy atom. The summed E-state index contributed by atoms with van der Waals surface area (Å²) in [4.78, 5) is 12.2. The van der Waals surface area contributed by atoms with Gasteiger partial charge in [-0.1, -0.05) is 31.0 Å². The Labute approximate surface area is 102 Å². The van der Waals surface area contributed by atoms with Crippen molar-refractivity contribution in [1.82, 2.24) is 0 Å². The number of carbonyl (C=O) groups is 1. The van der Waals surface area contributed by atoms with E-state index < -0.39 is 0 Å². The van der Waals surface area contributed by atoms with Crippen molar-refractivity contribution < 1.29 is 4.79 Å². The molecule has 2 aliphatic carbocycles. The normalized spacial score (nSPS) is 30.5. The van der Waals surface area contributed by atoms with Crippen molar-refractivity contribution in [3.05, 3.63) is 29.8 Å². The summed E-state index contributed by atoms with van der Waals surface area (Å²) in [6.45, 7) is 2.04. The van der Waals surface area contributed by atoms with Gasteiger partial charge in [-0.15, -0.1) is 0 Å². The lowest BCUT2D eigenvalue weighted by Gasteiger charge is -2.07. The van der Waals surface area contributed by atoms with Crippen molar-refractivity contribution in [3.8, 4) is 0 Å². The minimum atomic E-state index is 0.246. The molecule has 2 saturated carbocycles. The highest BCUT2D eigenvalue weighted by Gasteiger charge is 2.54. The molecule has 1 amide bonds. The van der Waals surface area contributed by atoms with Crippen molar-refractivity contribution in [1.29, 1.82) is 0 Å². The first-order valence-corrected chi connectivity index (χ1v) is 6.64. The summed E-state index contributed by atoms with van der Waals surface area (Å²) in [6.07, 6.45) is 5.15. The predicted molar refractivity (Wildman–Crippen MR) is 68.7 cm³/mol. The van der Waals surface area contributed by atoms with Crippen LogP contribution in [0.1, 0.15) is 31.2 Å². The van der Waals surface area contributed by atoms with Crippen molar-refractivity contribution in [2.45, 2.75) is 32.6 Å². The van der Waals surface area contributed by atoms with E-state index in [9.17, 15) is 4.79 Å². The molecule has 0 spiro atoms. The molecule has 2 heteroatoms. The van der Waals surface area contributed by atoms with Gasteiger partial charge < -0.3 is 5.32 Å². The van der Waals surface area contributed by atoms with E-state index >= 15 is 0 Å². The molecule has 90 valence electrons. The van der Waals surface area contributed by atoms with Crippen LogP contribution in [-0.4, -0.2) is 5.91 Å². The zero-order chi connectivity index (χ0) is 11.8. The molecule has 2 aliphatic rings. The lowest BCUT2D eigenvalue weighted by molar-refractivity contribution is -0.117. The molecule has 0 radical (unpaired) electrons. The molecule has 1 aromatic rings. The summed E-state index contributed by atoms with van der Waals surface area (Å²) >= 11 is 0. The van der Waals surface area contributed by atoms with Gasteiger partial charge in [0.05, 0.1) is 0 Å². The highest BCUT2D eigenvalue weighted by Crippen LogP contribution is 2.55. The van der Waals surface area contributed by atoms with Crippen LogP contribution in [0.15, 0.2) is 24.3 Å². The van der Waals surface area contributed by atoms with Gasteiger partial charge in [0.1, 0.15) is 0 Å². The summed E-state index contributed by atoms with van der Waals surface area (Å²) in [5.41, 5.74) is 2.12. The quantitative estimate of drug-likeness (QED) is 0.827. The second-order valence-corrected chi connectivity index (χ2v) is 5.44. The molecule has 1 unspecified atom stereocenters. The number of carbonyl (C=O) groups excluding carboxylic acids is 1. The van der Waals surface area contributed by atoms with Gasteiger partial charge >= 0.3 is 0 Å². The van der Waals surface area contributed by atoms with Crippen LogP contribution in [0.3, 0.4) is 0 Å². The molecule has 0 aliphatic heterocycles. The first kappa shape index (κ1) is 10.8. The number of rotatable bonds is 2. The van der Waals surface area contributed by atoms with E-state index in [1.165, 1.54) is 25.7 Å². The van der Waals surface area contributed by atoms with Crippen LogP contribution in [0.4, 0.5) is 5.69 Å². The lowest BCUT2D eigenvalue weighted by Crippen LogP contribution is -2.16. The Bertz CT molecular complexity index is 428. The standard InChI is InChI=1S/C15H19NO/c1-10-6-2-5-9-13(10)16-15(17)14-11-7-3-4-8-12(11)14/h2,5-6,9,11-12,14H,3-4,7-8H2,1H3,(H,16,17)/t11-,12+,14?. The van der Waals surface area contributed by atoms with E-state index in [0.717, 1.165) is 11.3 Å². The molecule has 0 aromatic heterocycles. The molecule has 17 heavy (non-hydrogen) atoms. The van der Waals surface area contributed by atoms with Gasteiger partial charge in [0.15, 0.2) is 0 Å². The molecular formula is C15H19NO. The number of nitrogens with one attached hydrogen (secondary N) is 1. The molecule has 3 rings (SSSR count). The largest absolute Gasteiger partial charge is 0.326 e. The number of anilines is 1. The first-order valence-electron chi connectivity index (χ1n) is 6.64. The minimum absolute atomic E-state index is 0.246. The van der Waals surface area contributed by atoms with Crippen LogP contribution in [0, 0.1) is 24.7 Å². The highest BCUT2D eigenvalue weighted by molar-refractivity contribution is 5.95. The summed E-state index contributed by atoms with van der Waals surface area (Å²) in [5, 5.41) is 3.09. The molecule has 1 aromatic carbocycles. The minimum Gasteiger partial charge on any atom is -0.326 e. The van der Waals surface area contributed by atoms with Gasteiger partial charge in [0, 0.05) is 11.6 Å². The third kappa shape index (κ3) is 1.97. The van der Waals surface area contributed by atoms with E-state index in [2.05, 4.69) is 5.32 Å². The van der Waals surface area contributed by atoms with Crippen molar-refractivity contribution in [2.75, 3.05) is 5.32 Å². The SMILES string of the molecule is Cc1ccccc1NC(=O)C1[C@H]2CCCC[C@@H]12. The number of benzene rings is 1. The first-order chi connectivity index (χ1) is 8.27. The van der Waals surface area contributed by atoms with E-state index in [-0.39, 0.29) is 5.91 Å². The van der Waals surface area contributed by atoms with E-state index in [4.69, 9.17) is 0 Å². The fourth-order valence-corrected chi connectivity index (χ4v) is 3.31. The summed E-state index contributed by atoms with van der Waals surface area (Å²) in [6, 6.07) is 8.00. The average Bonchev–Trinajstić information content (AvgIpc) is 3.06. The molecule has 0 saturated heterocycles. The molecule has 0 heterocycles. The highest BCUT2D eigenvalue weighted by atomic mass is 16.2. The Morgan fingerprint density at radius 3 is 2.47 bits per heavy atom. The number of aryl methyl sites for hydroxylation is 1. The maximum Gasteiger partial charge on any atom is 0.228 e. The van der Waals surface area contributed by atoms with Gasteiger partial charge in [-0.25, -0.2) is 0 Å². The monoisotopic (exact) mass is 229 g/mol. The Hall–Kier alpha value is -1.31. The van der Waals surface area contributed by atoms with Crippen LogP contribution < -0.4 is 5.32 Å². The zero-order valence-electron chi connectivity index (χ0n) is 10.3. The van der Waals surface area contributed by atoms with Crippen LogP contribution in [0.2, 0.25) is 0 Å². The van der Waals surface area contributed by atoms with E-state index in [1.807, 2.05) is 31.2 Å². The number of fused-ring (bicyclic) bond motifs is 1. The van der Waals surface area contributed by atoms with E-state index in [1.54, 1.807) is 0 Å². The van der Waals surface area contributed by atoms with Crippen molar-refractivity contribution in [3.63, 3.8) is 0 Å². The third-order valence-corrected chi connectivity index (χ3v) is 4.36. The van der Waals surface area contributed by atoms with Gasteiger partial charge in [-0.05, 0) is 43.2 Å². The lowest BCUT2D eigenvalue weighted by atomic mass is 10.0. The molecule has 0 bridgehead atoms. The average molecular weight is 229 g/mol. The second-order valence-electron chi connectivity index (χ2n) is 5.44. The molecule has 2 fully saturated rings. The second kappa shape index (κ2) is 4.17. The molecule has 1 N–H and O–H groups in total. The molecule has 3 atom stereocenters. The van der Waals surface area contributed by atoms with Gasteiger partial charge in [0.2, 0.25) is 5.91 Å². The Morgan fingerprint density at radius 2 is 1.82 bits per heavy atom. The van der Waals surface area contributed by atoms with E-state index in [0.29, 0.717) is 17.8 Å². The maximum absolute atomic E-state index is 12.2. The van der Waals surface area contributed by atoms with Gasteiger partial charge in [-0.3, -0.25) is 4.79 Å². The zero-order valence-corrected chi connectivity index (χ0v) is 10.3. The number of para-hydroxylation sites is 1. The van der Waals surface area contributed by atoms with Crippen molar-refractivity contribution >= 4 is 11.6 Å². The molecule has 2 nitrogen and oxygen atoms in total. The van der Waals surface area contributed by atoms with Crippen LogP contribution in [0.25, 0.3) is 0 Å². The molecular weight excluding hydrogens is 210 g/mol.